The highest BCUT2D eigenvalue weighted by Gasteiger charge is 2.79. The van der Waals surface area contributed by atoms with E-state index in [1.165, 1.54) is 4.90 Å². The van der Waals surface area contributed by atoms with Crippen molar-refractivity contribution in [3.8, 4) is 0 Å². The van der Waals surface area contributed by atoms with Crippen molar-refractivity contribution in [2.45, 2.75) is 52.0 Å². The van der Waals surface area contributed by atoms with Gasteiger partial charge in [-0.25, -0.2) is 4.79 Å². The number of hydrogen-bond acceptors (Lipinski definition) is 5. The fourth-order valence-electron chi connectivity index (χ4n) is 5.48. The van der Waals surface area contributed by atoms with E-state index in [-0.39, 0.29) is 36.9 Å². The summed E-state index contributed by atoms with van der Waals surface area (Å²) in [6.07, 6.45) is 3.44. The zero-order chi connectivity index (χ0) is 16.4. The lowest BCUT2D eigenvalue weighted by molar-refractivity contribution is -0.184. The SMILES string of the molecule is CC(C)[C@H]1COC(=O)OC[C@H]2C[C@]34CCCC[C@]23C(=O)N1C4=O. The lowest BCUT2D eigenvalue weighted by Crippen LogP contribution is -2.63. The smallest absolute Gasteiger partial charge is 0.434 e. The van der Waals surface area contributed by atoms with Crippen LogP contribution in [0.5, 0.6) is 0 Å². The van der Waals surface area contributed by atoms with Crippen molar-refractivity contribution >= 4 is 18.0 Å². The maximum Gasteiger partial charge on any atom is 0.508 e. The molecule has 0 aromatic carbocycles. The maximum absolute atomic E-state index is 13.3. The van der Waals surface area contributed by atoms with Crippen LogP contribution in [0.1, 0.15) is 46.0 Å². The molecule has 4 aliphatic rings. The number of amides is 2. The summed E-state index contributed by atoms with van der Waals surface area (Å²) in [7, 11) is 0. The highest BCUT2D eigenvalue weighted by atomic mass is 16.7. The highest BCUT2D eigenvalue weighted by molar-refractivity contribution is 6.12. The van der Waals surface area contributed by atoms with Crippen molar-refractivity contribution in [2.24, 2.45) is 22.7 Å². The summed E-state index contributed by atoms with van der Waals surface area (Å²) in [4.78, 5) is 39.8. The average Bonchev–Trinajstić information content (AvgIpc) is 2.63. The Balaban J connectivity index is 1.82. The predicted octanol–water partition coefficient (Wildman–Crippen LogP) is 2.11. The van der Waals surface area contributed by atoms with Gasteiger partial charge in [0.15, 0.2) is 0 Å². The zero-order valence-electron chi connectivity index (χ0n) is 13.7. The van der Waals surface area contributed by atoms with Crippen LogP contribution < -0.4 is 0 Å². The van der Waals surface area contributed by atoms with E-state index in [0.29, 0.717) is 6.42 Å². The topological polar surface area (TPSA) is 72.9 Å². The summed E-state index contributed by atoms with van der Waals surface area (Å²) in [6.45, 7) is 4.09. The van der Waals surface area contributed by atoms with E-state index < -0.39 is 23.0 Å². The van der Waals surface area contributed by atoms with E-state index in [1.54, 1.807) is 0 Å². The molecule has 6 nitrogen and oxygen atoms in total. The fourth-order valence-corrected chi connectivity index (χ4v) is 5.48. The van der Waals surface area contributed by atoms with E-state index in [1.807, 2.05) is 13.8 Å². The molecule has 0 aromatic heterocycles. The molecule has 2 aliphatic carbocycles. The normalized spacial score (nSPS) is 42.7. The average molecular weight is 321 g/mol. The summed E-state index contributed by atoms with van der Waals surface area (Å²) in [6, 6.07) is -0.404. The van der Waals surface area contributed by atoms with E-state index >= 15 is 0 Å². The molecule has 6 heteroatoms. The van der Waals surface area contributed by atoms with Crippen molar-refractivity contribution in [1.29, 1.82) is 0 Å². The van der Waals surface area contributed by atoms with Crippen LogP contribution in [0.4, 0.5) is 4.79 Å². The molecule has 4 fully saturated rings. The van der Waals surface area contributed by atoms with Gasteiger partial charge in [0.05, 0.1) is 23.5 Å². The lowest BCUT2D eigenvalue weighted by atomic mass is 9.40. The number of rotatable bonds is 1. The summed E-state index contributed by atoms with van der Waals surface area (Å²) in [5, 5.41) is 0. The molecule has 0 N–H and O–H groups in total. The minimum Gasteiger partial charge on any atom is -0.434 e. The molecule has 2 saturated heterocycles. The molecule has 2 heterocycles. The Morgan fingerprint density at radius 1 is 1.04 bits per heavy atom. The van der Waals surface area contributed by atoms with Crippen molar-refractivity contribution < 1.29 is 23.9 Å². The van der Waals surface area contributed by atoms with E-state index in [2.05, 4.69) is 0 Å². The third-order valence-corrected chi connectivity index (χ3v) is 6.67. The van der Waals surface area contributed by atoms with Gasteiger partial charge in [0.2, 0.25) is 11.8 Å². The number of carbonyl (C=O) groups is 3. The van der Waals surface area contributed by atoms with Crippen LogP contribution in [-0.4, -0.2) is 42.1 Å². The molecule has 126 valence electrons. The molecule has 1 spiro atoms. The molecule has 4 atom stereocenters. The van der Waals surface area contributed by atoms with Gasteiger partial charge in [0.25, 0.3) is 0 Å². The van der Waals surface area contributed by atoms with Crippen LogP contribution in [-0.2, 0) is 19.1 Å². The molecule has 0 unspecified atom stereocenters. The second kappa shape index (κ2) is 4.71. The minimum absolute atomic E-state index is 0.0187. The molecule has 2 amide bonds. The van der Waals surface area contributed by atoms with Crippen LogP contribution in [0.3, 0.4) is 0 Å². The number of imide groups is 1. The van der Waals surface area contributed by atoms with Gasteiger partial charge in [-0.15, -0.1) is 0 Å². The van der Waals surface area contributed by atoms with Crippen LogP contribution >= 0.6 is 0 Å². The van der Waals surface area contributed by atoms with Crippen LogP contribution in [0.2, 0.25) is 0 Å². The number of hydrogen-bond donors (Lipinski definition) is 0. The first kappa shape index (κ1) is 15.0. The van der Waals surface area contributed by atoms with Gasteiger partial charge in [-0.05, 0) is 25.2 Å². The summed E-state index contributed by atoms with van der Waals surface area (Å²) >= 11 is 0. The minimum atomic E-state index is -0.692. The molecule has 2 aliphatic heterocycles. The van der Waals surface area contributed by atoms with Gasteiger partial charge < -0.3 is 9.47 Å². The number of cyclic esters (lactones) is 2. The van der Waals surface area contributed by atoms with Gasteiger partial charge in [-0.2, -0.15) is 0 Å². The van der Waals surface area contributed by atoms with E-state index in [0.717, 1.165) is 25.7 Å². The second-order valence-corrected chi connectivity index (χ2v) is 7.83. The van der Waals surface area contributed by atoms with Gasteiger partial charge in [0, 0.05) is 5.92 Å². The lowest BCUT2D eigenvalue weighted by Gasteiger charge is -2.59. The Kier molecular flexibility index (Phi) is 3.06. The van der Waals surface area contributed by atoms with Crippen LogP contribution in [0, 0.1) is 22.7 Å². The van der Waals surface area contributed by atoms with Crippen molar-refractivity contribution in [3.05, 3.63) is 0 Å². The van der Waals surface area contributed by atoms with Crippen molar-refractivity contribution in [3.63, 3.8) is 0 Å². The summed E-state index contributed by atoms with van der Waals surface area (Å²) < 4.78 is 10.4. The van der Waals surface area contributed by atoms with E-state index in [4.69, 9.17) is 9.47 Å². The third kappa shape index (κ3) is 1.62. The van der Waals surface area contributed by atoms with Gasteiger partial charge in [-0.1, -0.05) is 26.7 Å². The quantitative estimate of drug-likeness (QED) is 0.546. The highest BCUT2D eigenvalue weighted by Crippen LogP contribution is 2.72. The maximum atomic E-state index is 13.3. The summed E-state index contributed by atoms with van der Waals surface area (Å²) in [5.74, 6) is -0.0996. The largest absolute Gasteiger partial charge is 0.508 e. The Labute approximate surface area is 135 Å². The van der Waals surface area contributed by atoms with Gasteiger partial charge in [0.1, 0.15) is 6.61 Å². The Hall–Kier alpha value is -1.59. The molecule has 0 aromatic rings. The molecular formula is C17H23NO5. The molecule has 0 radical (unpaired) electrons. The molecule has 23 heavy (non-hydrogen) atoms. The van der Waals surface area contributed by atoms with Crippen molar-refractivity contribution in [2.75, 3.05) is 13.2 Å². The monoisotopic (exact) mass is 321 g/mol. The standard InChI is InChI=1S/C17H23NO5/c1-10(2)12-9-23-15(21)22-8-11-7-16-5-3-4-6-17(11,16)14(20)18(12)13(16)19/h10-12H,3-9H2,1-2H3/t11-,12-,16+,17-/m1/s1. The number of fused-ring (bicyclic) bond motifs is 1. The first-order valence-electron chi connectivity index (χ1n) is 8.62. The number of nitrogens with zero attached hydrogens (tertiary/aromatic N) is 1. The zero-order valence-corrected chi connectivity index (χ0v) is 13.7. The first-order valence-corrected chi connectivity index (χ1v) is 8.62. The third-order valence-electron chi connectivity index (χ3n) is 6.67. The Morgan fingerprint density at radius 2 is 1.74 bits per heavy atom. The summed E-state index contributed by atoms with van der Waals surface area (Å²) in [5.41, 5.74) is -1.18. The predicted molar refractivity (Wildman–Crippen MR) is 79.2 cm³/mol. The van der Waals surface area contributed by atoms with Crippen molar-refractivity contribution in [1.82, 2.24) is 4.90 Å². The number of carbonyl (C=O) groups excluding carboxylic acids is 3. The number of ether oxygens (including phenoxy) is 2. The Morgan fingerprint density at radius 3 is 2.48 bits per heavy atom. The molecule has 2 saturated carbocycles. The molecular weight excluding hydrogens is 298 g/mol. The van der Waals surface area contributed by atoms with Gasteiger partial charge >= 0.3 is 6.16 Å². The fraction of sp³-hybridized carbons (Fsp3) is 0.824. The van der Waals surface area contributed by atoms with Gasteiger partial charge in [-0.3, -0.25) is 14.5 Å². The Bertz CT molecular complexity index is 588. The second-order valence-electron chi connectivity index (χ2n) is 7.83. The molecule has 4 rings (SSSR count). The van der Waals surface area contributed by atoms with Crippen LogP contribution in [0.15, 0.2) is 0 Å². The van der Waals surface area contributed by atoms with E-state index in [9.17, 15) is 14.4 Å². The molecule has 2 bridgehead atoms. The van der Waals surface area contributed by atoms with Crippen LogP contribution in [0.25, 0.3) is 0 Å². The first-order chi connectivity index (χ1) is 10.9.